The lowest BCUT2D eigenvalue weighted by molar-refractivity contribution is -0.138. The van der Waals surface area contributed by atoms with E-state index in [0.717, 1.165) is 18.5 Å². The fraction of sp³-hybridized carbons (Fsp3) is 0.583. The maximum atomic E-state index is 11.1. The molecule has 5 nitrogen and oxygen atoms in total. The largest absolute Gasteiger partial charge is 0.480 e. The molecule has 2 N–H and O–H groups in total. The van der Waals surface area contributed by atoms with Crippen molar-refractivity contribution in [2.45, 2.75) is 46.1 Å². The molecule has 0 spiro atoms. The first kappa shape index (κ1) is 13.4. The number of anilines is 1. The molecule has 1 aromatic heterocycles. The highest BCUT2D eigenvalue weighted by Gasteiger charge is 2.17. The summed E-state index contributed by atoms with van der Waals surface area (Å²) in [5, 5.41) is 12.0. The van der Waals surface area contributed by atoms with Gasteiger partial charge in [-0.2, -0.15) is 0 Å². The third-order valence-electron chi connectivity index (χ3n) is 2.43. The number of aryl methyl sites for hydroxylation is 2. The van der Waals surface area contributed by atoms with Crippen molar-refractivity contribution in [2.75, 3.05) is 5.32 Å². The second kappa shape index (κ2) is 6.18. The summed E-state index contributed by atoms with van der Waals surface area (Å²) in [4.78, 5) is 19.4. The third kappa shape index (κ3) is 4.38. The van der Waals surface area contributed by atoms with Crippen molar-refractivity contribution >= 4 is 11.8 Å². The van der Waals surface area contributed by atoms with Gasteiger partial charge in [0.05, 0.1) is 0 Å². The second-order valence-corrected chi connectivity index (χ2v) is 4.12. The third-order valence-corrected chi connectivity index (χ3v) is 2.43. The monoisotopic (exact) mass is 237 g/mol. The van der Waals surface area contributed by atoms with Gasteiger partial charge in [-0.25, -0.2) is 14.8 Å². The number of hydrogen-bond acceptors (Lipinski definition) is 4. The van der Waals surface area contributed by atoms with Crippen molar-refractivity contribution in [1.29, 1.82) is 0 Å². The molecule has 1 aromatic rings. The van der Waals surface area contributed by atoms with Crippen LogP contribution in [0.2, 0.25) is 0 Å². The Bertz CT molecular complexity index is 373. The highest BCUT2D eigenvalue weighted by atomic mass is 16.4. The maximum absolute atomic E-state index is 11.1. The molecule has 0 saturated carbocycles. The van der Waals surface area contributed by atoms with Crippen LogP contribution in [0.4, 0.5) is 5.82 Å². The van der Waals surface area contributed by atoms with Crippen molar-refractivity contribution in [2.24, 2.45) is 0 Å². The second-order valence-electron chi connectivity index (χ2n) is 4.12. The van der Waals surface area contributed by atoms with Crippen molar-refractivity contribution in [3.8, 4) is 0 Å². The summed E-state index contributed by atoms with van der Waals surface area (Å²) >= 11 is 0. The molecule has 94 valence electrons. The Morgan fingerprint density at radius 2 is 2.18 bits per heavy atom. The van der Waals surface area contributed by atoms with Crippen molar-refractivity contribution in [3.63, 3.8) is 0 Å². The minimum atomic E-state index is -0.840. The number of unbranched alkanes of at least 4 members (excludes halogenated alkanes) is 1. The molecule has 0 aliphatic carbocycles. The first-order chi connectivity index (χ1) is 8.02. The van der Waals surface area contributed by atoms with E-state index in [2.05, 4.69) is 15.3 Å². The SMILES string of the molecule is CCCCC(Nc1cc(C)nc(C)n1)C(=O)O. The van der Waals surface area contributed by atoms with E-state index in [-0.39, 0.29) is 0 Å². The van der Waals surface area contributed by atoms with Crippen LogP contribution in [0.25, 0.3) is 0 Å². The summed E-state index contributed by atoms with van der Waals surface area (Å²) in [5.74, 6) is 0.387. The predicted molar refractivity (Wildman–Crippen MR) is 66.1 cm³/mol. The molecule has 0 saturated heterocycles. The number of carbonyl (C=O) groups is 1. The lowest BCUT2D eigenvalue weighted by Gasteiger charge is -2.15. The van der Waals surface area contributed by atoms with Crippen LogP contribution in [0, 0.1) is 13.8 Å². The Morgan fingerprint density at radius 1 is 1.47 bits per heavy atom. The molecule has 0 bridgehead atoms. The Morgan fingerprint density at radius 3 is 2.71 bits per heavy atom. The molecule has 17 heavy (non-hydrogen) atoms. The van der Waals surface area contributed by atoms with Crippen LogP contribution in [-0.4, -0.2) is 27.1 Å². The van der Waals surface area contributed by atoms with Crippen LogP contribution in [0.5, 0.6) is 0 Å². The van der Waals surface area contributed by atoms with E-state index in [4.69, 9.17) is 5.11 Å². The Balaban J connectivity index is 2.74. The Hall–Kier alpha value is -1.65. The van der Waals surface area contributed by atoms with Crippen molar-refractivity contribution in [3.05, 3.63) is 17.6 Å². The van der Waals surface area contributed by atoms with Gasteiger partial charge in [0.15, 0.2) is 0 Å². The average Bonchev–Trinajstić information content (AvgIpc) is 2.22. The van der Waals surface area contributed by atoms with Gasteiger partial charge in [-0.05, 0) is 20.3 Å². The summed E-state index contributed by atoms with van der Waals surface area (Å²) < 4.78 is 0. The van der Waals surface area contributed by atoms with Crippen LogP contribution in [0.1, 0.15) is 37.7 Å². The van der Waals surface area contributed by atoms with Gasteiger partial charge in [0, 0.05) is 11.8 Å². The minimum Gasteiger partial charge on any atom is -0.480 e. The predicted octanol–water partition coefficient (Wildman–Crippen LogP) is 2.15. The van der Waals surface area contributed by atoms with Gasteiger partial charge in [-0.3, -0.25) is 0 Å². The average molecular weight is 237 g/mol. The van der Waals surface area contributed by atoms with E-state index in [1.54, 1.807) is 13.0 Å². The number of rotatable bonds is 6. The molecule has 0 aromatic carbocycles. The van der Waals surface area contributed by atoms with Crippen LogP contribution in [0.3, 0.4) is 0 Å². The van der Waals surface area contributed by atoms with E-state index in [0.29, 0.717) is 18.1 Å². The van der Waals surface area contributed by atoms with Gasteiger partial charge in [0.1, 0.15) is 17.7 Å². The number of aromatic nitrogens is 2. The van der Waals surface area contributed by atoms with E-state index >= 15 is 0 Å². The van der Waals surface area contributed by atoms with Gasteiger partial charge in [-0.15, -0.1) is 0 Å². The molecule has 0 amide bonds. The Kier molecular flexibility index (Phi) is 4.87. The fourth-order valence-corrected chi connectivity index (χ4v) is 1.64. The summed E-state index contributed by atoms with van der Waals surface area (Å²) in [6.07, 6.45) is 2.47. The van der Waals surface area contributed by atoms with Crippen LogP contribution >= 0.6 is 0 Å². The van der Waals surface area contributed by atoms with Crippen LogP contribution in [0.15, 0.2) is 6.07 Å². The molecule has 0 radical (unpaired) electrons. The molecule has 1 unspecified atom stereocenters. The highest BCUT2D eigenvalue weighted by molar-refractivity contribution is 5.76. The zero-order chi connectivity index (χ0) is 12.8. The molecule has 1 atom stereocenters. The highest BCUT2D eigenvalue weighted by Crippen LogP contribution is 2.11. The maximum Gasteiger partial charge on any atom is 0.326 e. The molecule has 0 aliphatic heterocycles. The summed E-state index contributed by atoms with van der Waals surface area (Å²) in [5.41, 5.74) is 0.833. The normalized spacial score (nSPS) is 12.2. The van der Waals surface area contributed by atoms with Gasteiger partial charge < -0.3 is 10.4 Å². The topological polar surface area (TPSA) is 75.1 Å². The first-order valence-electron chi connectivity index (χ1n) is 5.84. The van der Waals surface area contributed by atoms with Gasteiger partial charge in [0.25, 0.3) is 0 Å². The van der Waals surface area contributed by atoms with E-state index in [1.165, 1.54) is 0 Å². The molecule has 0 aliphatic rings. The van der Waals surface area contributed by atoms with E-state index < -0.39 is 12.0 Å². The van der Waals surface area contributed by atoms with E-state index in [9.17, 15) is 4.79 Å². The quantitative estimate of drug-likeness (QED) is 0.793. The van der Waals surface area contributed by atoms with Crippen molar-refractivity contribution in [1.82, 2.24) is 9.97 Å². The molecule has 1 rings (SSSR count). The van der Waals surface area contributed by atoms with Gasteiger partial charge >= 0.3 is 5.97 Å². The number of carboxylic acids is 1. The standard InChI is InChI=1S/C12H19N3O2/c1-4-5-6-10(12(16)17)15-11-7-8(2)13-9(3)14-11/h7,10H,4-6H2,1-3H3,(H,16,17)(H,13,14,15). The fourth-order valence-electron chi connectivity index (χ4n) is 1.64. The zero-order valence-corrected chi connectivity index (χ0v) is 10.5. The molecule has 0 fully saturated rings. The van der Waals surface area contributed by atoms with Gasteiger partial charge in [-0.1, -0.05) is 19.8 Å². The van der Waals surface area contributed by atoms with Gasteiger partial charge in [0.2, 0.25) is 0 Å². The molecular formula is C12H19N3O2. The zero-order valence-electron chi connectivity index (χ0n) is 10.5. The summed E-state index contributed by atoms with van der Waals surface area (Å²) in [6.45, 7) is 5.69. The number of carboxylic acid groups (broad SMARTS) is 1. The Labute approximate surface area is 101 Å². The number of nitrogens with one attached hydrogen (secondary N) is 1. The smallest absolute Gasteiger partial charge is 0.326 e. The van der Waals surface area contributed by atoms with Crippen LogP contribution in [-0.2, 0) is 4.79 Å². The summed E-state index contributed by atoms with van der Waals surface area (Å²) in [6, 6.07) is 1.18. The lowest BCUT2D eigenvalue weighted by atomic mass is 10.1. The number of aliphatic carboxylic acids is 1. The first-order valence-corrected chi connectivity index (χ1v) is 5.84. The van der Waals surface area contributed by atoms with Crippen LogP contribution < -0.4 is 5.32 Å². The molecular weight excluding hydrogens is 218 g/mol. The lowest BCUT2D eigenvalue weighted by Crippen LogP contribution is -2.29. The summed E-state index contributed by atoms with van der Waals surface area (Å²) in [7, 11) is 0. The number of nitrogens with zero attached hydrogens (tertiary/aromatic N) is 2. The molecule has 1 heterocycles. The molecule has 5 heteroatoms. The van der Waals surface area contributed by atoms with Crippen molar-refractivity contribution < 1.29 is 9.90 Å². The number of hydrogen-bond donors (Lipinski definition) is 2. The van der Waals surface area contributed by atoms with E-state index in [1.807, 2.05) is 13.8 Å². The minimum absolute atomic E-state index is 0.580.